The first-order valence-electron chi connectivity index (χ1n) is 8.03. The van der Waals surface area contributed by atoms with Gasteiger partial charge in [-0.1, -0.05) is 39.7 Å². The van der Waals surface area contributed by atoms with Gasteiger partial charge < -0.3 is 4.74 Å². The molecule has 4 nitrogen and oxygen atoms in total. The highest BCUT2D eigenvalue weighted by molar-refractivity contribution is 9.10. The molecule has 1 aromatic carbocycles. The number of ketones is 1. The fourth-order valence-electron chi connectivity index (χ4n) is 2.74. The number of benzene rings is 1. The van der Waals surface area contributed by atoms with Crippen LogP contribution >= 0.6 is 27.5 Å². The number of ether oxygens (including phenoxy) is 1. The summed E-state index contributed by atoms with van der Waals surface area (Å²) >= 11 is 9.42. The molecule has 0 bridgehead atoms. The molecule has 0 atom stereocenters. The Morgan fingerprint density at radius 1 is 1.25 bits per heavy atom. The van der Waals surface area contributed by atoms with Crippen molar-refractivity contribution in [3.63, 3.8) is 0 Å². The van der Waals surface area contributed by atoms with Gasteiger partial charge in [-0.15, -0.1) is 0 Å². The largest absolute Gasteiger partial charge is 0.472 e. The van der Waals surface area contributed by atoms with E-state index >= 15 is 0 Å². The van der Waals surface area contributed by atoms with Crippen LogP contribution in [0.15, 0.2) is 70.4 Å². The van der Waals surface area contributed by atoms with Gasteiger partial charge in [-0.25, -0.2) is 0 Å². The van der Waals surface area contributed by atoms with Crippen LogP contribution in [0.4, 0.5) is 13.2 Å². The number of hydrogen-bond acceptors (Lipinski definition) is 3. The highest BCUT2D eigenvalue weighted by Gasteiger charge is 2.42. The van der Waals surface area contributed by atoms with Gasteiger partial charge in [0.1, 0.15) is 12.0 Å². The van der Waals surface area contributed by atoms with Crippen LogP contribution in [0.1, 0.15) is 23.2 Å². The zero-order valence-electron chi connectivity index (χ0n) is 14.1. The number of carbonyl (C=O) groups excluding carboxylic acids is 2. The molecule has 0 fully saturated rings. The molecule has 0 spiro atoms. The molecule has 0 aromatic heterocycles. The van der Waals surface area contributed by atoms with Crippen molar-refractivity contribution in [3.05, 3.63) is 81.0 Å². The smallest absolute Gasteiger partial charge is 0.462 e. The lowest BCUT2D eigenvalue weighted by Gasteiger charge is -2.24. The van der Waals surface area contributed by atoms with E-state index in [-0.39, 0.29) is 21.9 Å². The zero-order chi connectivity index (χ0) is 20.5. The maximum atomic E-state index is 13.0. The number of Topliss-reactive ketones (excluding diaryl/α,β-unsaturated/α-hetero) is 1. The second kappa shape index (κ2) is 7.97. The van der Waals surface area contributed by atoms with Crippen molar-refractivity contribution in [2.75, 3.05) is 0 Å². The Morgan fingerprint density at radius 2 is 2.00 bits per heavy atom. The molecule has 1 aliphatic heterocycles. The van der Waals surface area contributed by atoms with Gasteiger partial charge in [-0.3, -0.25) is 14.5 Å². The number of amides is 1. The molecule has 1 amide bonds. The molecule has 0 saturated heterocycles. The fourth-order valence-corrected chi connectivity index (χ4v) is 3.30. The third kappa shape index (κ3) is 4.23. The van der Waals surface area contributed by atoms with Crippen molar-refractivity contribution in [1.82, 2.24) is 4.90 Å². The van der Waals surface area contributed by atoms with Gasteiger partial charge in [0, 0.05) is 27.4 Å². The summed E-state index contributed by atoms with van der Waals surface area (Å²) in [6.07, 6.45) is 2.01. The molecule has 1 heterocycles. The number of rotatable bonds is 3. The molecule has 9 heteroatoms. The third-order valence-electron chi connectivity index (χ3n) is 4.04. The number of allylic oxidation sites excluding steroid dienone is 4. The maximum absolute atomic E-state index is 13.0. The highest BCUT2D eigenvalue weighted by Crippen LogP contribution is 2.33. The van der Waals surface area contributed by atoms with E-state index in [4.69, 9.17) is 16.3 Å². The summed E-state index contributed by atoms with van der Waals surface area (Å²) < 4.78 is 44.1. The average molecular weight is 475 g/mol. The van der Waals surface area contributed by atoms with Gasteiger partial charge in [0.25, 0.3) is 0 Å². The van der Waals surface area contributed by atoms with E-state index in [0.717, 1.165) is 18.7 Å². The van der Waals surface area contributed by atoms with Crippen LogP contribution in [-0.4, -0.2) is 22.8 Å². The van der Waals surface area contributed by atoms with Crippen LogP contribution in [0.2, 0.25) is 5.02 Å². The normalized spacial score (nSPS) is 16.8. The topological polar surface area (TPSA) is 46.6 Å². The van der Waals surface area contributed by atoms with E-state index < -0.39 is 17.9 Å². The van der Waals surface area contributed by atoms with E-state index in [9.17, 15) is 22.8 Å². The van der Waals surface area contributed by atoms with E-state index in [1.165, 1.54) is 0 Å². The Kier molecular flexibility index (Phi) is 5.81. The summed E-state index contributed by atoms with van der Waals surface area (Å²) in [4.78, 5) is 24.9. The van der Waals surface area contributed by atoms with Crippen LogP contribution < -0.4 is 0 Å². The zero-order valence-corrected chi connectivity index (χ0v) is 16.4. The SMILES string of the molecule is O=C(C1=C(C2=CN(C(=O)C(F)(F)F)C=CO2)CCC=C1)c1cc(Br)ccc1Cl. The van der Waals surface area contributed by atoms with E-state index in [1.807, 2.05) is 0 Å². The number of halogens is 5. The van der Waals surface area contributed by atoms with Crippen molar-refractivity contribution in [1.29, 1.82) is 0 Å². The first-order valence-corrected chi connectivity index (χ1v) is 9.20. The van der Waals surface area contributed by atoms with Crippen LogP contribution in [-0.2, 0) is 9.53 Å². The molecule has 0 unspecified atom stereocenters. The first kappa shape index (κ1) is 20.4. The summed E-state index contributed by atoms with van der Waals surface area (Å²) in [6, 6.07) is 4.81. The molecule has 2 aliphatic rings. The summed E-state index contributed by atoms with van der Waals surface area (Å²) in [5.41, 5.74) is 0.880. The molecule has 1 aliphatic carbocycles. The quantitative estimate of drug-likeness (QED) is 0.531. The lowest BCUT2D eigenvalue weighted by atomic mass is 9.90. The van der Waals surface area contributed by atoms with Gasteiger partial charge in [0.05, 0.1) is 11.2 Å². The minimum atomic E-state index is -5.04. The minimum absolute atomic E-state index is 0.00100. The van der Waals surface area contributed by atoms with Crippen LogP contribution in [0.5, 0.6) is 0 Å². The minimum Gasteiger partial charge on any atom is -0.462 e. The van der Waals surface area contributed by atoms with Gasteiger partial charge >= 0.3 is 12.1 Å². The van der Waals surface area contributed by atoms with Crippen molar-refractivity contribution in [2.24, 2.45) is 0 Å². The van der Waals surface area contributed by atoms with E-state index in [2.05, 4.69) is 15.9 Å². The van der Waals surface area contributed by atoms with Crippen molar-refractivity contribution >= 4 is 39.2 Å². The molecule has 0 N–H and O–H groups in total. The molecular formula is C19H12BrClF3NO3. The third-order valence-corrected chi connectivity index (χ3v) is 4.86. The van der Waals surface area contributed by atoms with Crippen molar-refractivity contribution in [3.8, 4) is 0 Å². The molecule has 28 heavy (non-hydrogen) atoms. The number of nitrogens with zero attached hydrogens (tertiary/aromatic N) is 1. The predicted molar refractivity (Wildman–Crippen MR) is 100 cm³/mol. The van der Waals surface area contributed by atoms with Crippen molar-refractivity contribution in [2.45, 2.75) is 19.0 Å². The maximum Gasteiger partial charge on any atom is 0.472 e. The lowest BCUT2D eigenvalue weighted by molar-refractivity contribution is -0.180. The second-order valence-electron chi connectivity index (χ2n) is 5.89. The Labute approximate surface area is 171 Å². The van der Waals surface area contributed by atoms with Crippen molar-refractivity contribution < 1.29 is 27.5 Å². The van der Waals surface area contributed by atoms with Crippen LogP contribution in [0.25, 0.3) is 0 Å². The molecule has 1 aromatic rings. The summed E-state index contributed by atoms with van der Waals surface area (Å²) in [5, 5.41) is 0.242. The Bertz CT molecular complexity index is 964. The van der Waals surface area contributed by atoms with Crippen LogP contribution in [0.3, 0.4) is 0 Å². The fraction of sp³-hybridized carbons (Fsp3) is 0.158. The summed E-state index contributed by atoms with van der Waals surface area (Å²) in [7, 11) is 0. The van der Waals surface area contributed by atoms with E-state index in [1.54, 1.807) is 30.4 Å². The van der Waals surface area contributed by atoms with Gasteiger partial charge in [0.2, 0.25) is 0 Å². The molecule has 0 saturated carbocycles. The molecule has 0 radical (unpaired) electrons. The van der Waals surface area contributed by atoms with Gasteiger partial charge in [-0.05, 0) is 31.0 Å². The Hall–Kier alpha value is -2.32. The van der Waals surface area contributed by atoms with Crippen LogP contribution in [0, 0.1) is 0 Å². The molecule has 3 rings (SSSR count). The monoisotopic (exact) mass is 473 g/mol. The average Bonchev–Trinajstić information content (AvgIpc) is 2.68. The highest BCUT2D eigenvalue weighted by atomic mass is 79.9. The van der Waals surface area contributed by atoms with Gasteiger partial charge in [0.15, 0.2) is 5.78 Å². The Morgan fingerprint density at radius 3 is 2.71 bits per heavy atom. The standard InChI is InChI=1S/C19H12BrClF3NO3/c20-11-5-6-15(21)14(9-11)17(26)13-4-2-1-3-12(13)16-10-25(7-8-28-16)18(27)19(22,23)24/h2,4-10H,1,3H2. The summed E-state index contributed by atoms with van der Waals surface area (Å²) in [6.45, 7) is 0. The van der Waals surface area contributed by atoms with E-state index in [0.29, 0.717) is 27.8 Å². The summed E-state index contributed by atoms with van der Waals surface area (Å²) in [5.74, 6) is -2.46. The Balaban J connectivity index is 2.02. The lowest BCUT2D eigenvalue weighted by Crippen LogP contribution is -2.35. The molecule has 146 valence electrons. The number of hydrogen-bond donors (Lipinski definition) is 0. The first-order chi connectivity index (χ1) is 13.2. The second-order valence-corrected chi connectivity index (χ2v) is 7.22. The van der Waals surface area contributed by atoms with Gasteiger partial charge in [-0.2, -0.15) is 13.2 Å². The number of carbonyl (C=O) groups is 2. The molecular weight excluding hydrogens is 463 g/mol. The predicted octanol–water partition coefficient (Wildman–Crippen LogP) is 5.67. The number of alkyl halides is 3.